The third-order valence-corrected chi connectivity index (χ3v) is 4.04. The Balaban J connectivity index is 0.000000565. The van der Waals surface area contributed by atoms with Gasteiger partial charge in [0.25, 0.3) is 0 Å². The van der Waals surface area contributed by atoms with E-state index in [1.165, 1.54) is 0 Å². The van der Waals surface area contributed by atoms with Crippen molar-refractivity contribution >= 4 is 51.3 Å². The van der Waals surface area contributed by atoms with E-state index in [2.05, 4.69) is 44.2 Å². The van der Waals surface area contributed by atoms with Crippen molar-refractivity contribution in [2.24, 2.45) is 0 Å². The summed E-state index contributed by atoms with van der Waals surface area (Å²) >= 11 is 1.83. The molecule has 2 N–H and O–H groups in total. The second-order valence-corrected chi connectivity index (χ2v) is 6.40. The van der Waals surface area contributed by atoms with Crippen LogP contribution in [0.25, 0.3) is 46.4 Å². The van der Waals surface area contributed by atoms with Crippen LogP contribution in [0.2, 0.25) is 0 Å². The molecule has 0 radical (unpaired) electrons. The first-order valence-corrected chi connectivity index (χ1v) is 9.29. The maximum absolute atomic E-state index is 8.77. The predicted molar refractivity (Wildman–Crippen MR) is 106 cm³/mol. The van der Waals surface area contributed by atoms with Gasteiger partial charge in [0.2, 0.25) is 0 Å². The van der Waals surface area contributed by atoms with E-state index in [-0.39, 0.29) is 0 Å². The fraction of sp³-hybridized carbons (Fsp3) is 0. The summed E-state index contributed by atoms with van der Waals surface area (Å²) in [7, 11) is 0. The maximum atomic E-state index is 8.77. The summed E-state index contributed by atoms with van der Waals surface area (Å²) in [6.45, 7) is 0. The zero-order valence-corrected chi connectivity index (χ0v) is 15.9. The Morgan fingerprint density at radius 1 is 0.630 bits per heavy atom. The van der Waals surface area contributed by atoms with Crippen molar-refractivity contribution in [3.05, 3.63) is 71.3 Å². The van der Waals surface area contributed by atoms with Gasteiger partial charge in [-0.3, -0.25) is 0 Å². The van der Waals surface area contributed by atoms with Crippen LogP contribution in [-0.2, 0) is 23.1 Å². The Morgan fingerprint density at radius 3 is 1.15 bits per heavy atom. The zero-order valence-electron chi connectivity index (χ0n) is 14.2. The molecule has 0 spiro atoms. The molecule has 0 fully saturated rings. The molecule has 2 aliphatic heterocycles. The quantitative estimate of drug-likeness (QED) is 0.277. The molecule has 0 saturated carbocycles. The molecule has 0 aliphatic carbocycles. The average molecular weight is 440 g/mol. The van der Waals surface area contributed by atoms with Gasteiger partial charge in [0.05, 0.1) is 22.8 Å². The van der Waals surface area contributed by atoms with Crippen LogP contribution in [0.4, 0.5) is 0 Å². The molecule has 0 aromatic carbocycles. The van der Waals surface area contributed by atoms with E-state index in [4.69, 9.17) is 4.79 Å². The molecule has 3 aromatic rings. The molecule has 0 amide bonds. The molecule has 5 nitrogen and oxygen atoms in total. The van der Waals surface area contributed by atoms with Gasteiger partial charge in [0.1, 0.15) is 0 Å². The number of aromatic amines is 2. The van der Waals surface area contributed by atoms with Gasteiger partial charge >= 0.3 is 28.0 Å². The Morgan fingerprint density at radius 2 is 0.889 bits per heavy atom. The Labute approximate surface area is 165 Å². The van der Waals surface area contributed by atoms with Crippen molar-refractivity contribution in [3.8, 4) is 0 Å². The standard InChI is InChI=1S/C20H14N4.CHO.Ru/c1-2-14-10-16-5-6-18(23-16)12-20-8-7-19(24-20)11-17-4-3-15(22-17)9-13(1)21-14;1-2;/h1-12,21,24H;1H;. The van der Waals surface area contributed by atoms with Crippen molar-refractivity contribution in [3.63, 3.8) is 0 Å². The fourth-order valence-corrected chi connectivity index (χ4v) is 2.94. The van der Waals surface area contributed by atoms with Crippen molar-refractivity contribution < 1.29 is 23.1 Å². The number of hydrogen-bond donors (Lipinski definition) is 2. The SMILES string of the molecule is C1=Cc2cc3ccc(cc4nc(cc5ccc(cc1n2)[nH]5)C=C4)[nH]3.O=[CH][Ru]. The van der Waals surface area contributed by atoms with E-state index in [0.717, 1.165) is 44.8 Å². The van der Waals surface area contributed by atoms with Crippen LogP contribution in [0, 0.1) is 0 Å². The number of aromatic nitrogens is 4. The molecular weight excluding hydrogens is 425 g/mol. The summed E-state index contributed by atoms with van der Waals surface area (Å²) in [5, 5.41) is 0. The van der Waals surface area contributed by atoms with E-state index in [1.807, 2.05) is 66.9 Å². The first-order valence-electron chi connectivity index (χ1n) is 8.29. The van der Waals surface area contributed by atoms with Crippen LogP contribution < -0.4 is 0 Å². The summed E-state index contributed by atoms with van der Waals surface area (Å²) in [5.41, 5.74) is 7.86. The van der Waals surface area contributed by atoms with Crippen molar-refractivity contribution in [2.45, 2.75) is 0 Å². The average Bonchev–Trinajstić information content (AvgIpc) is 3.41. The van der Waals surface area contributed by atoms with E-state index in [1.54, 1.807) is 0 Å². The van der Waals surface area contributed by atoms with Gasteiger partial charge < -0.3 is 9.97 Å². The molecule has 0 atom stereocenters. The van der Waals surface area contributed by atoms with Gasteiger partial charge in [0, 0.05) is 22.1 Å². The first-order chi connectivity index (χ1) is 13.2. The molecule has 8 bridgehead atoms. The van der Waals surface area contributed by atoms with Gasteiger partial charge in [-0.15, -0.1) is 0 Å². The van der Waals surface area contributed by atoms with Gasteiger partial charge in [-0.25, -0.2) is 9.97 Å². The molecule has 6 heteroatoms. The molecule has 0 unspecified atom stereocenters. The normalized spacial score (nSPS) is 11.7. The summed E-state index contributed by atoms with van der Waals surface area (Å²) in [4.78, 5) is 25.5. The molecule has 5 rings (SSSR count). The minimum atomic E-state index is 0.680. The molecular formula is C21H15N4ORu. The van der Waals surface area contributed by atoms with Crippen LogP contribution >= 0.6 is 0 Å². The van der Waals surface area contributed by atoms with Crippen molar-refractivity contribution in [2.75, 3.05) is 0 Å². The second-order valence-electron chi connectivity index (χ2n) is 5.99. The van der Waals surface area contributed by atoms with Crippen LogP contribution in [0.3, 0.4) is 0 Å². The van der Waals surface area contributed by atoms with E-state index < -0.39 is 0 Å². The van der Waals surface area contributed by atoms with Gasteiger partial charge in [0.15, 0.2) is 0 Å². The summed E-state index contributed by atoms with van der Waals surface area (Å²) < 4.78 is 0. The molecule has 133 valence electrons. The Bertz CT molecular complexity index is 1040. The van der Waals surface area contributed by atoms with E-state index >= 15 is 0 Å². The van der Waals surface area contributed by atoms with E-state index in [0.29, 0.717) is 4.88 Å². The van der Waals surface area contributed by atoms with Crippen LogP contribution in [-0.4, -0.2) is 24.8 Å². The summed E-state index contributed by atoms with van der Waals surface area (Å²) in [6, 6.07) is 16.4. The molecule has 0 saturated heterocycles. The number of hydrogen-bond acceptors (Lipinski definition) is 3. The minimum absolute atomic E-state index is 0.680. The number of nitrogens with one attached hydrogen (secondary N) is 2. The number of nitrogens with zero attached hydrogens (tertiary/aromatic N) is 2. The Kier molecular flexibility index (Phi) is 4.90. The van der Waals surface area contributed by atoms with Gasteiger partial charge in [-0.2, -0.15) is 0 Å². The molecule has 2 aliphatic rings. The van der Waals surface area contributed by atoms with Crippen LogP contribution in [0.15, 0.2) is 48.5 Å². The number of H-pyrrole nitrogens is 2. The zero-order chi connectivity index (χ0) is 18.6. The van der Waals surface area contributed by atoms with Crippen LogP contribution in [0.1, 0.15) is 22.8 Å². The number of carbonyl (C=O) groups is 1. The second kappa shape index (κ2) is 7.64. The van der Waals surface area contributed by atoms with E-state index in [9.17, 15) is 0 Å². The summed E-state index contributed by atoms with van der Waals surface area (Å²) in [5.74, 6) is 0. The number of carbonyl (C=O) groups excluding carboxylic acids is 1. The fourth-order valence-electron chi connectivity index (χ4n) is 2.94. The third kappa shape index (κ3) is 4.18. The van der Waals surface area contributed by atoms with Crippen molar-refractivity contribution in [1.29, 1.82) is 0 Å². The number of fused-ring (bicyclic) bond motifs is 8. The topological polar surface area (TPSA) is 74.4 Å². The molecule has 3 aromatic heterocycles. The molecule has 5 heterocycles. The number of rotatable bonds is 0. The molecule has 27 heavy (non-hydrogen) atoms. The van der Waals surface area contributed by atoms with Crippen LogP contribution in [0.5, 0.6) is 0 Å². The third-order valence-electron chi connectivity index (χ3n) is 4.04. The van der Waals surface area contributed by atoms with Crippen molar-refractivity contribution in [1.82, 2.24) is 19.9 Å². The van der Waals surface area contributed by atoms with Gasteiger partial charge in [-0.1, -0.05) is 0 Å². The predicted octanol–water partition coefficient (Wildman–Crippen LogP) is 4.38. The summed E-state index contributed by atoms with van der Waals surface area (Å²) in [6.07, 6.45) is 8.09. The first kappa shape index (κ1) is 17.3. The monoisotopic (exact) mass is 441 g/mol. The Hall–Kier alpha value is -3.11. The van der Waals surface area contributed by atoms with Gasteiger partial charge in [-0.05, 0) is 72.8 Å².